The highest BCUT2D eigenvalue weighted by Crippen LogP contribution is 2.16. The maximum absolute atomic E-state index is 13.1. The van der Waals surface area contributed by atoms with Crippen LogP contribution in [0.5, 0.6) is 0 Å². The van der Waals surface area contributed by atoms with Gasteiger partial charge in [-0.1, -0.05) is 245 Å². The molecule has 0 radical (unpaired) electrons. The van der Waals surface area contributed by atoms with E-state index in [4.69, 9.17) is 4.74 Å². The van der Waals surface area contributed by atoms with Gasteiger partial charge >= 0.3 is 5.97 Å². The number of hydrogen-bond donors (Lipinski definition) is 3. The van der Waals surface area contributed by atoms with Crippen molar-refractivity contribution in [2.24, 2.45) is 0 Å². The summed E-state index contributed by atoms with van der Waals surface area (Å²) >= 11 is 0. The Balaban J connectivity index is 4.77. The molecular weight excluding hydrogens is 731 g/mol. The Morgan fingerprint density at radius 1 is 0.525 bits per heavy atom. The molecule has 0 fully saturated rings. The number of rotatable bonds is 39. The van der Waals surface area contributed by atoms with Crippen molar-refractivity contribution in [3.05, 3.63) is 122 Å². The first-order valence-electron chi connectivity index (χ1n) is 23.4. The van der Waals surface area contributed by atoms with E-state index >= 15 is 0 Å². The Morgan fingerprint density at radius 2 is 0.932 bits per heavy atom. The van der Waals surface area contributed by atoms with Crippen LogP contribution in [0.25, 0.3) is 0 Å². The minimum atomic E-state index is -0.837. The van der Waals surface area contributed by atoms with Crippen molar-refractivity contribution in [1.82, 2.24) is 5.32 Å². The van der Waals surface area contributed by atoms with E-state index in [1.54, 1.807) is 0 Å². The van der Waals surface area contributed by atoms with Crippen LogP contribution in [0.1, 0.15) is 175 Å². The number of carbonyl (C=O) groups is 2. The molecule has 0 aromatic carbocycles. The molecule has 0 bridgehead atoms. The van der Waals surface area contributed by atoms with Gasteiger partial charge in [0.25, 0.3) is 0 Å². The zero-order chi connectivity index (χ0) is 43.1. The van der Waals surface area contributed by atoms with Crippen molar-refractivity contribution in [2.75, 3.05) is 6.61 Å². The molecule has 0 saturated carbocycles. The largest absolute Gasteiger partial charge is 0.461 e. The van der Waals surface area contributed by atoms with Gasteiger partial charge in [0.05, 0.1) is 25.2 Å². The molecule has 0 spiro atoms. The Bertz CT molecular complexity index is 1280. The number of carbonyl (C=O) groups excluding carboxylic acids is 2. The van der Waals surface area contributed by atoms with Gasteiger partial charge < -0.3 is 20.3 Å². The molecule has 0 aliphatic carbocycles. The number of nitrogens with one attached hydrogen (secondary N) is 1. The average Bonchev–Trinajstić information content (AvgIpc) is 3.23. The molecule has 59 heavy (non-hydrogen) atoms. The summed E-state index contributed by atoms with van der Waals surface area (Å²) in [5, 5.41) is 23.6. The fraction of sp³-hybridized carbons (Fsp3) is 0.585. The monoisotopic (exact) mass is 816 g/mol. The van der Waals surface area contributed by atoms with Crippen LogP contribution in [0.15, 0.2) is 122 Å². The molecule has 332 valence electrons. The third-order valence-electron chi connectivity index (χ3n) is 9.79. The third kappa shape index (κ3) is 40.8. The molecule has 3 atom stereocenters. The molecule has 0 aliphatic rings. The number of esters is 1. The second kappa shape index (κ2) is 45.3. The number of aliphatic hydroxyl groups excluding tert-OH is 2. The fourth-order valence-corrected chi connectivity index (χ4v) is 6.30. The molecular formula is C53H85NO5. The zero-order valence-corrected chi connectivity index (χ0v) is 37.6. The summed E-state index contributed by atoms with van der Waals surface area (Å²) in [4.78, 5) is 25.9. The lowest BCUT2D eigenvalue weighted by atomic mass is 10.0. The number of unbranched alkanes of at least 4 members (excludes halogenated alkanes) is 16. The number of allylic oxidation sites excluding steroid dienone is 19. The normalized spacial score (nSPS) is 14.5. The van der Waals surface area contributed by atoms with E-state index in [0.29, 0.717) is 19.3 Å². The van der Waals surface area contributed by atoms with Crippen LogP contribution < -0.4 is 5.32 Å². The van der Waals surface area contributed by atoms with E-state index in [1.165, 1.54) is 83.5 Å². The second-order valence-corrected chi connectivity index (χ2v) is 15.3. The van der Waals surface area contributed by atoms with Gasteiger partial charge in [0, 0.05) is 12.8 Å². The highest BCUT2D eigenvalue weighted by molar-refractivity contribution is 5.77. The summed E-state index contributed by atoms with van der Waals surface area (Å²) < 4.78 is 5.77. The molecule has 3 N–H and O–H groups in total. The molecule has 6 heteroatoms. The third-order valence-corrected chi connectivity index (χ3v) is 9.79. The first kappa shape index (κ1) is 55.3. The van der Waals surface area contributed by atoms with E-state index in [-0.39, 0.29) is 31.3 Å². The summed E-state index contributed by atoms with van der Waals surface area (Å²) in [5.74, 6) is -0.711. The lowest BCUT2D eigenvalue weighted by Crippen LogP contribution is -2.46. The summed E-state index contributed by atoms with van der Waals surface area (Å²) in [6.07, 6.45) is 62.9. The predicted octanol–water partition coefficient (Wildman–Crippen LogP) is 13.7. The lowest BCUT2D eigenvalue weighted by molar-refractivity contribution is -0.150. The quantitative estimate of drug-likeness (QED) is 0.0326. The highest BCUT2D eigenvalue weighted by atomic mass is 16.5. The Hall–Kier alpha value is -3.74. The van der Waals surface area contributed by atoms with Gasteiger partial charge in [-0.3, -0.25) is 9.59 Å². The van der Waals surface area contributed by atoms with E-state index in [0.717, 1.165) is 38.5 Å². The van der Waals surface area contributed by atoms with Crippen LogP contribution in [0, 0.1) is 0 Å². The summed E-state index contributed by atoms with van der Waals surface area (Å²) in [6.45, 7) is 6.11. The molecule has 0 heterocycles. The van der Waals surface area contributed by atoms with Gasteiger partial charge in [-0.15, -0.1) is 0 Å². The van der Waals surface area contributed by atoms with Gasteiger partial charge in [-0.25, -0.2) is 0 Å². The molecule has 6 nitrogen and oxygen atoms in total. The van der Waals surface area contributed by atoms with E-state index in [1.807, 2.05) is 109 Å². The van der Waals surface area contributed by atoms with Crippen LogP contribution in [0.4, 0.5) is 0 Å². The molecule has 0 aromatic rings. The first-order chi connectivity index (χ1) is 29.0. The number of amides is 1. The number of ether oxygens (including phenoxy) is 1. The molecule has 0 rings (SSSR count). The van der Waals surface area contributed by atoms with E-state index in [9.17, 15) is 19.8 Å². The fourth-order valence-electron chi connectivity index (χ4n) is 6.30. The highest BCUT2D eigenvalue weighted by Gasteiger charge is 2.23. The van der Waals surface area contributed by atoms with Crippen LogP contribution >= 0.6 is 0 Å². The Morgan fingerprint density at radius 3 is 1.37 bits per heavy atom. The standard InChI is InChI=1S/C53H85NO5/c1-4-7-10-13-16-19-22-24-25-26-28-30-33-36-39-42-45-51(56)50(48-55)54-52(57)47-49(44-41-38-35-32-29-21-18-15-12-9-6-3)59-53(58)46-43-40-37-34-31-27-23-20-17-14-11-8-5-2/h8-9,11-12,14-15,17-18,20-21,23,27,29,31-32,34-35,37-38,41,49-51,55-56H,4-7,10,13,16,19,22,24-26,28,30,33,36,39-40,42-48H2,1-3H3,(H,54,57)/b11-8+,12-9+,17-14+,18-15+,23-20-,29-21-,31-27-,35-32-,37-34+,41-38+. The van der Waals surface area contributed by atoms with Crippen LogP contribution in [0.3, 0.4) is 0 Å². The average molecular weight is 816 g/mol. The van der Waals surface area contributed by atoms with Crippen molar-refractivity contribution < 1.29 is 24.5 Å². The smallest absolute Gasteiger partial charge is 0.306 e. The molecule has 3 unspecified atom stereocenters. The minimum Gasteiger partial charge on any atom is -0.461 e. The number of aliphatic hydroxyl groups is 2. The van der Waals surface area contributed by atoms with Crippen molar-refractivity contribution in [1.29, 1.82) is 0 Å². The maximum Gasteiger partial charge on any atom is 0.306 e. The van der Waals surface area contributed by atoms with Crippen molar-refractivity contribution in [3.8, 4) is 0 Å². The SMILES string of the molecule is CC/C=C/C=C/C=C\C=C/C=C/CCCC(=O)OC(C/C=C/C=C\C=C/C=C/C=C/CC)CC(=O)NC(CO)C(O)CCCCCCCCCCCCCCCCCC. The van der Waals surface area contributed by atoms with Crippen molar-refractivity contribution in [2.45, 2.75) is 193 Å². The van der Waals surface area contributed by atoms with E-state index in [2.05, 4.69) is 38.2 Å². The molecule has 0 aliphatic heterocycles. The Labute approximate surface area is 361 Å². The topological polar surface area (TPSA) is 95.9 Å². The van der Waals surface area contributed by atoms with Crippen molar-refractivity contribution >= 4 is 11.9 Å². The molecule has 0 saturated heterocycles. The maximum atomic E-state index is 13.1. The second-order valence-electron chi connectivity index (χ2n) is 15.3. The summed E-state index contributed by atoms with van der Waals surface area (Å²) in [7, 11) is 0. The van der Waals surface area contributed by atoms with Crippen LogP contribution in [-0.4, -0.2) is 46.9 Å². The minimum absolute atomic E-state index is 0.0552. The number of hydrogen-bond acceptors (Lipinski definition) is 5. The predicted molar refractivity (Wildman–Crippen MR) is 254 cm³/mol. The van der Waals surface area contributed by atoms with Crippen molar-refractivity contribution in [3.63, 3.8) is 0 Å². The van der Waals surface area contributed by atoms with Gasteiger partial charge in [-0.05, 0) is 32.1 Å². The van der Waals surface area contributed by atoms with Gasteiger partial charge in [-0.2, -0.15) is 0 Å². The lowest BCUT2D eigenvalue weighted by Gasteiger charge is -2.24. The summed E-state index contributed by atoms with van der Waals surface area (Å²) in [6, 6.07) is -0.761. The molecule has 0 aromatic heterocycles. The first-order valence-corrected chi connectivity index (χ1v) is 23.4. The van der Waals surface area contributed by atoms with Gasteiger partial charge in [0.15, 0.2) is 0 Å². The zero-order valence-electron chi connectivity index (χ0n) is 37.6. The van der Waals surface area contributed by atoms with Crippen LogP contribution in [0.2, 0.25) is 0 Å². The van der Waals surface area contributed by atoms with Crippen LogP contribution in [-0.2, 0) is 14.3 Å². The van der Waals surface area contributed by atoms with E-state index < -0.39 is 18.2 Å². The summed E-state index contributed by atoms with van der Waals surface area (Å²) in [5.41, 5.74) is 0. The van der Waals surface area contributed by atoms with Gasteiger partial charge in [0.2, 0.25) is 5.91 Å². The molecule has 1 amide bonds. The van der Waals surface area contributed by atoms with Gasteiger partial charge in [0.1, 0.15) is 6.10 Å². The Kier molecular flexibility index (Phi) is 42.5.